The molecule has 3 aromatic rings. The maximum Gasteiger partial charge on any atom is 0.149 e. The van der Waals surface area contributed by atoms with Crippen molar-refractivity contribution < 1.29 is 0 Å². The monoisotopic (exact) mass is 264 g/mol. The van der Waals surface area contributed by atoms with Gasteiger partial charge in [0.05, 0.1) is 22.8 Å². The maximum atomic E-state index is 8.49. The van der Waals surface area contributed by atoms with Gasteiger partial charge in [0.25, 0.3) is 0 Å². The van der Waals surface area contributed by atoms with E-state index in [0.29, 0.717) is 5.82 Å². The van der Waals surface area contributed by atoms with Crippen molar-refractivity contribution in [1.29, 1.82) is 5.26 Å². The molecule has 0 amide bonds. The highest BCUT2D eigenvalue weighted by Crippen LogP contribution is 2.21. The molecule has 0 radical (unpaired) electrons. The number of hydrogen-bond acceptors (Lipinski definition) is 5. The zero-order chi connectivity index (χ0) is 13.9. The zero-order valence-electron chi connectivity index (χ0n) is 10.9. The van der Waals surface area contributed by atoms with Crippen LogP contribution in [-0.4, -0.2) is 26.7 Å². The summed E-state index contributed by atoms with van der Waals surface area (Å²) in [6.45, 7) is 2.14. The fraction of sp³-hybridized carbons (Fsp3) is 0.143. The molecule has 0 unspecified atom stereocenters. The number of nitriles is 1. The van der Waals surface area contributed by atoms with Crippen LogP contribution in [0.4, 0.5) is 5.82 Å². The van der Waals surface area contributed by atoms with Crippen LogP contribution in [0.25, 0.3) is 22.3 Å². The number of nitrogens with zero attached hydrogens (tertiary/aromatic N) is 4. The molecule has 1 aromatic carbocycles. The Labute approximate surface area is 115 Å². The van der Waals surface area contributed by atoms with Gasteiger partial charge < -0.3 is 10.3 Å². The van der Waals surface area contributed by atoms with Gasteiger partial charge in [0.2, 0.25) is 0 Å². The average Bonchev–Trinajstić information content (AvgIpc) is 2.84. The highest BCUT2D eigenvalue weighted by molar-refractivity contribution is 5.81. The van der Waals surface area contributed by atoms with Gasteiger partial charge in [-0.25, -0.2) is 4.98 Å². The van der Waals surface area contributed by atoms with E-state index in [0.717, 1.165) is 28.1 Å². The Morgan fingerprint density at radius 2 is 2.15 bits per heavy atom. The minimum Gasteiger partial charge on any atom is -0.356 e. The molecular formula is C14H12N6. The number of anilines is 1. The zero-order valence-corrected chi connectivity index (χ0v) is 10.9. The number of aryl methyl sites for hydroxylation is 1. The molecular weight excluding hydrogens is 252 g/mol. The van der Waals surface area contributed by atoms with E-state index < -0.39 is 0 Å². The van der Waals surface area contributed by atoms with Crippen molar-refractivity contribution in [3.8, 4) is 17.3 Å². The summed E-state index contributed by atoms with van der Waals surface area (Å²) < 4.78 is 0. The summed E-state index contributed by atoms with van der Waals surface area (Å²) in [5, 5.41) is 19.5. The Morgan fingerprint density at radius 1 is 1.25 bits per heavy atom. The average molecular weight is 264 g/mol. The van der Waals surface area contributed by atoms with Crippen LogP contribution in [0.1, 0.15) is 5.82 Å². The van der Waals surface area contributed by atoms with Crippen LogP contribution in [-0.2, 0) is 0 Å². The molecule has 2 N–H and O–H groups in total. The van der Waals surface area contributed by atoms with Crippen LogP contribution in [0.15, 0.2) is 30.3 Å². The third kappa shape index (κ3) is 2.29. The van der Waals surface area contributed by atoms with E-state index in [9.17, 15) is 0 Å². The lowest BCUT2D eigenvalue weighted by molar-refractivity contribution is 1.03. The van der Waals surface area contributed by atoms with Gasteiger partial charge in [0.15, 0.2) is 0 Å². The van der Waals surface area contributed by atoms with E-state index in [2.05, 4.69) is 25.5 Å². The van der Waals surface area contributed by atoms with Crippen molar-refractivity contribution in [1.82, 2.24) is 20.2 Å². The third-order valence-corrected chi connectivity index (χ3v) is 2.91. The number of rotatable bonds is 3. The normalized spacial score (nSPS) is 10.4. The fourth-order valence-electron chi connectivity index (χ4n) is 2.01. The first-order valence-electron chi connectivity index (χ1n) is 6.17. The van der Waals surface area contributed by atoms with Crippen molar-refractivity contribution in [3.63, 3.8) is 0 Å². The lowest BCUT2D eigenvalue weighted by Gasteiger charge is -2.02. The van der Waals surface area contributed by atoms with Crippen LogP contribution in [0.2, 0.25) is 0 Å². The summed E-state index contributed by atoms with van der Waals surface area (Å²) in [6.07, 6.45) is 0. The number of fused-ring (bicyclic) bond motifs is 1. The second kappa shape index (κ2) is 4.97. The molecule has 0 aliphatic rings. The lowest BCUT2D eigenvalue weighted by Crippen LogP contribution is -2.01. The Bertz CT molecular complexity index is 782. The minimum absolute atomic E-state index is 0.216. The summed E-state index contributed by atoms with van der Waals surface area (Å²) in [5.41, 5.74) is 3.67. The predicted octanol–water partition coefficient (Wildman–Crippen LogP) is 2.26. The molecule has 6 heteroatoms. The smallest absolute Gasteiger partial charge is 0.149 e. The SMILES string of the molecule is Cc1nc2ccc(-c3ccc(NCC#N)nn3)cc2[nH]1. The van der Waals surface area contributed by atoms with Gasteiger partial charge in [-0.1, -0.05) is 6.07 Å². The van der Waals surface area contributed by atoms with Crippen LogP contribution in [0.3, 0.4) is 0 Å². The standard InChI is InChI=1S/C14H12N6/c1-9-17-12-3-2-10(8-13(12)18-9)11-4-5-14(20-19-11)16-7-6-15/h2-5,8H,7H2,1H3,(H,16,20)(H,17,18). The molecule has 0 fully saturated rings. The first kappa shape index (κ1) is 12.1. The van der Waals surface area contributed by atoms with Crippen molar-refractivity contribution in [3.05, 3.63) is 36.2 Å². The van der Waals surface area contributed by atoms with Gasteiger partial charge in [-0.05, 0) is 31.2 Å². The van der Waals surface area contributed by atoms with Gasteiger partial charge in [-0.2, -0.15) is 5.26 Å². The number of nitrogens with one attached hydrogen (secondary N) is 2. The summed E-state index contributed by atoms with van der Waals surface area (Å²) in [6, 6.07) is 11.6. The third-order valence-electron chi connectivity index (χ3n) is 2.91. The van der Waals surface area contributed by atoms with Crippen molar-refractivity contribution in [2.24, 2.45) is 0 Å². The molecule has 0 spiro atoms. The van der Waals surface area contributed by atoms with E-state index in [1.807, 2.05) is 43.3 Å². The van der Waals surface area contributed by atoms with E-state index in [1.165, 1.54) is 0 Å². The molecule has 0 saturated heterocycles. The van der Waals surface area contributed by atoms with Gasteiger partial charge in [-0.3, -0.25) is 0 Å². The molecule has 0 saturated carbocycles. The highest BCUT2D eigenvalue weighted by Gasteiger charge is 2.04. The highest BCUT2D eigenvalue weighted by atomic mass is 15.2. The van der Waals surface area contributed by atoms with Crippen molar-refractivity contribution >= 4 is 16.9 Å². The molecule has 98 valence electrons. The Hall–Kier alpha value is -2.94. The minimum atomic E-state index is 0.216. The molecule has 2 aromatic heterocycles. The van der Waals surface area contributed by atoms with Crippen LogP contribution < -0.4 is 5.32 Å². The molecule has 2 heterocycles. The lowest BCUT2D eigenvalue weighted by atomic mass is 10.1. The van der Waals surface area contributed by atoms with Crippen LogP contribution >= 0.6 is 0 Å². The number of aromatic amines is 1. The Morgan fingerprint density at radius 3 is 2.90 bits per heavy atom. The van der Waals surface area contributed by atoms with E-state index in [4.69, 9.17) is 5.26 Å². The second-order valence-corrected chi connectivity index (χ2v) is 4.37. The van der Waals surface area contributed by atoms with E-state index in [1.54, 1.807) is 0 Å². The number of H-pyrrole nitrogens is 1. The molecule has 0 aliphatic heterocycles. The van der Waals surface area contributed by atoms with E-state index >= 15 is 0 Å². The van der Waals surface area contributed by atoms with Crippen LogP contribution in [0, 0.1) is 18.3 Å². The number of benzene rings is 1. The number of aromatic nitrogens is 4. The predicted molar refractivity (Wildman–Crippen MR) is 76.0 cm³/mol. The quantitative estimate of drug-likeness (QED) is 0.708. The van der Waals surface area contributed by atoms with Gasteiger partial charge in [0.1, 0.15) is 18.2 Å². The van der Waals surface area contributed by atoms with E-state index in [-0.39, 0.29) is 6.54 Å². The first-order chi connectivity index (χ1) is 9.76. The molecule has 3 rings (SSSR count). The second-order valence-electron chi connectivity index (χ2n) is 4.37. The number of hydrogen-bond donors (Lipinski definition) is 2. The molecule has 0 atom stereocenters. The molecule has 0 bridgehead atoms. The summed E-state index contributed by atoms with van der Waals surface area (Å²) in [4.78, 5) is 7.56. The molecule has 0 aliphatic carbocycles. The Balaban J connectivity index is 1.92. The maximum absolute atomic E-state index is 8.49. The van der Waals surface area contributed by atoms with Crippen molar-refractivity contribution in [2.75, 3.05) is 11.9 Å². The first-order valence-corrected chi connectivity index (χ1v) is 6.17. The molecule has 6 nitrogen and oxygen atoms in total. The van der Waals surface area contributed by atoms with Gasteiger partial charge in [-0.15, -0.1) is 10.2 Å². The Kier molecular flexibility index (Phi) is 3.01. The summed E-state index contributed by atoms with van der Waals surface area (Å²) in [5.74, 6) is 1.48. The van der Waals surface area contributed by atoms with Crippen LogP contribution in [0.5, 0.6) is 0 Å². The number of imidazole rings is 1. The van der Waals surface area contributed by atoms with Crippen molar-refractivity contribution in [2.45, 2.75) is 6.92 Å². The summed E-state index contributed by atoms with van der Waals surface area (Å²) in [7, 11) is 0. The van der Waals surface area contributed by atoms with Gasteiger partial charge >= 0.3 is 0 Å². The fourth-order valence-corrected chi connectivity index (χ4v) is 2.01. The summed E-state index contributed by atoms with van der Waals surface area (Å²) >= 11 is 0. The molecule has 20 heavy (non-hydrogen) atoms. The van der Waals surface area contributed by atoms with Gasteiger partial charge in [0, 0.05) is 5.56 Å². The largest absolute Gasteiger partial charge is 0.356 e. The topological polar surface area (TPSA) is 90.3 Å².